The lowest BCUT2D eigenvalue weighted by Crippen LogP contribution is -2.12. The minimum absolute atomic E-state index is 0.118. The van der Waals surface area contributed by atoms with E-state index in [0.29, 0.717) is 5.56 Å². The van der Waals surface area contributed by atoms with E-state index in [1.807, 2.05) is 55.4 Å². The molecule has 0 aliphatic heterocycles. The number of rotatable bonds is 9. The van der Waals surface area contributed by atoms with Crippen LogP contribution in [0.3, 0.4) is 0 Å². The van der Waals surface area contributed by atoms with Gasteiger partial charge in [0.25, 0.3) is 5.91 Å². The van der Waals surface area contributed by atoms with E-state index in [9.17, 15) is 4.79 Å². The van der Waals surface area contributed by atoms with Crippen molar-refractivity contribution in [3.63, 3.8) is 0 Å². The van der Waals surface area contributed by atoms with Gasteiger partial charge in [0.2, 0.25) is 0 Å². The fourth-order valence-corrected chi connectivity index (χ4v) is 2.47. The number of nitrogens with one attached hydrogen (secondary N) is 1. The van der Waals surface area contributed by atoms with E-state index in [4.69, 9.17) is 4.74 Å². The molecule has 0 aliphatic rings. The molecular weight excluding hydrogens is 312 g/mol. The molecular formula is C21H28N2O2. The Hall–Kier alpha value is -2.49. The van der Waals surface area contributed by atoms with Gasteiger partial charge in [-0.2, -0.15) is 0 Å². The maximum Gasteiger partial charge on any atom is 0.255 e. The summed E-state index contributed by atoms with van der Waals surface area (Å²) in [5, 5.41) is 2.91. The zero-order valence-corrected chi connectivity index (χ0v) is 15.4. The predicted molar refractivity (Wildman–Crippen MR) is 105 cm³/mol. The summed E-state index contributed by atoms with van der Waals surface area (Å²) in [6, 6.07) is 15.1. The van der Waals surface area contributed by atoms with E-state index < -0.39 is 0 Å². The fourth-order valence-electron chi connectivity index (χ4n) is 2.47. The van der Waals surface area contributed by atoms with Gasteiger partial charge in [-0.15, -0.1) is 0 Å². The third kappa shape index (κ3) is 6.14. The third-order valence-electron chi connectivity index (χ3n) is 4.02. The fraction of sp³-hybridized carbons (Fsp3) is 0.381. The van der Waals surface area contributed by atoms with Crippen LogP contribution in [0.25, 0.3) is 0 Å². The van der Waals surface area contributed by atoms with Gasteiger partial charge in [-0.25, -0.2) is 0 Å². The van der Waals surface area contributed by atoms with Gasteiger partial charge in [0.15, 0.2) is 0 Å². The second-order valence-electron chi connectivity index (χ2n) is 6.33. The molecule has 0 heterocycles. The van der Waals surface area contributed by atoms with Crippen molar-refractivity contribution in [3.05, 3.63) is 54.1 Å². The molecule has 0 saturated heterocycles. The molecule has 1 amide bonds. The summed E-state index contributed by atoms with van der Waals surface area (Å²) < 4.78 is 5.70. The number of hydrogen-bond acceptors (Lipinski definition) is 3. The number of ether oxygens (including phenoxy) is 1. The largest absolute Gasteiger partial charge is 0.494 e. The molecule has 134 valence electrons. The highest BCUT2D eigenvalue weighted by molar-refractivity contribution is 6.04. The Labute approximate surface area is 150 Å². The van der Waals surface area contributed by atoms with Crippen LogP contribution in [-0.2, 0) is 0 Å². The second kappa shape index (κ2) is 9.72. The highest BCUT2D eigenvalue weighted by Gasteiger charge is 2.06. The first-order chi connectivity index (χ1) is 12.1. The van der Waals surface area contributed by atoms with Crippen LogP contribution < -0.4 is 15.0 Å². The number of amides is 1. The van der Waals surface area contributed by atoms with Crippen molar-refractivity contribution >= 4 is 17.3 Å². The van der Waals surface area contributed by atoms with E-state index in [1.165, 1.54) is 19.3 Å². The van der Waals surface area contributed by atoms with Crippen molar-refractivity contribution in [2.75, 3.05) is 30.9 Å². The van der Waals surface area contributed by atoms with Crippen LogP contribution in [0.4, 0.5) is 11.4 Å². The Morgan fingerprint density at radius 3 is 2.24 bits per heavy atom. The third-order valence-corrected chi connectivity index (χ3v) is 4.02. The van der Waals surface area contributed by atoms with Gasteiger partial charge in [-0.1, -0.05) is 26.2 Å². The average molecular weight is 340 g/mol. The summed E-state index contributed by atoms with van der Waals surface area (Å²) >= 11 is 0. The molecule has 4 nitrogen and oxygen atoms in total. The predicted octanol–water partition coefficient (Wildman–Crippen LogP) is 4.96. The maximum absolute atomic E-state index is 12.3. The molecule has 0 fully saturated rings. The van der Waals surface area contributed by atoms with Crippen LogP contribution >= 0.6 is 0 Å². The zero-order valence-electron chi connectivity index (χ0n) is 15.4. The molecule has 2 rings (SSSR count). The first kappa shape index (κ1) is 18.8. The normalized spacial score (nSPS) is 10.4. The summed E-state index contributed by atoms with van der Waals surface area (Å²) in [4.78, 5) is 14.3. The maximum atomic E-state index is 12.3. The lowest BCUT2D eigenvalue weighted by molar-refractivity contribution is 0.102. The van der Waals surface area contributed by atoms with Gasteiger partial charge in [-0.05, 0) is 55.0 Å². The highest BCUT2D eigenvalue weighted by atomic mass is 16.5. The number of carbonyl (C=O) groups excluding carboxylic acids is 1. The Morgan fingerprint density at radius 1 is 0.960 bits per heavy atom. The molecule has 0 spiro atoms. The average Bonchev–Trinajstić information content (AvgIpc) is 2.62. The molecule has 0 saturated carbocycles. The number of anilines is 2. The lowest BCUT2D eigenvalue weighted by atomic mass is 10.2. The number of hydrogen-bond donors (Lipinski definition) is 1. The van der Waals surface area contributed by atoms with Gasteiger partial charge < -0.3 is 15.0 Å². The highest BCUT2D eigenvalue weighted by Crippen LogP contribution is 2.18. The van der Waals surface area contributed by atoms with E-state index in [0.717, 1.165) is 30.2 Å². The van der Waals surface area contributed by atoms with E-state index in [2.05, 4.69) is 12.2 Å². The van der Waals surface area contributed by atoms with Gasteiger partial charge in [0.1, 0.15) is 5.75 Å². The summed E-state index contributed by atoms with van der Waals surface area (Å²) in [6.45, 7) is 2.92. The topological polar surface area (TPSA) is 41.6 Å². The molecule has 0 bridgehead atoms. The Bertz CT molecular complexity index is 649. The van der Waals surface area contributed by atoms with Crippen molar-refractivity contribution in [2.24, 2.45) is 0 Å². The number of nitrogens with zero attached hydrogens (tertiary/aromatic N) is 1. The van der Waals surface area contributed by atoms with E-state index in [1.54, 1.807) is 12.1 Å². The number of carbonyl (C=O) groups is 1. The van der Waals surface area contributed by atoms with Crippen LogP contribution in [0, 0.1) is 0 Å². The molecule has 2 aromatic carbocycles. The molecule has 0 atom stereocenters. The Morgan fingerprint density at radius 2 is 1.64 bits per heavy atom. The SMILES string of the molecule is CCCCCCOc1ccc(C(=O)Nc2ccc(N(C)C)cc2)cc1. The molecule has 2 aromatic rings. The molecule has 0 radical (unpaired) electrons. The summed E-state index contributed by atoms with van der Waals surface area (Å²) in [5.41, 5.74) is 2.50. The molecule has 1 N–H and O–H groups in total. The van der Waals surface area contributed by atoms with Crippen molar-refractivity contribution < 1.29 is 9.53 Å². The number of benzene rings is 2. The van der Waals surface area contributed by atoms with Crippen LogP contribution in [0.2, 0.25) is 0 Å². The van der Waals surface area contributed by atoms with Crippen LogP contribution in [0.1, 0.15) is 43.0 Å². The van der Waals surface area contributed by atoms with Gasteiger partial charge in [0.05, 0.1) is 6.61 Å². The number of unbranched alkanes of at least 4 members (excludes halogenated alkanes) is 3. The smallest absolute Gasteiger partial charge is 0.255 e. The monoisotopic (exact) mass is 340 g/mol. The molecule has 25 heavy (non-hydrogen) atoms. The molecule has 4 heteroatoms. The minimum atomic E-state index is -0.118. The Kier molecular flexibility index (Phi) is 7.33. The van der Waals surface area contributed by atoms with Gasteiger partial charge in [-0.3, -0.25) is 4.79 Å². The van der Waals surface area contributed by atoms with Gasteiger partial charge in [0, 0.05) is 31.0 Å². The first-order valence-electron chi connectivity index (χ1n) is 8.91. The standard InChI is InChI=1S/C21H28N2O2/c1-4-5-6-7-16-25-20-14-8-17(9-15-20)21(24)22-18-10-12-19(13-11-18)23(2)3/h8-15H,4-7,16H2,1-3H3,(H,22,24). The quantitative estimate of drug-likeness (QED) is 0.656. The van der Waals surface area contributed by atoms with Crippen molar-refractivity contribution in [3.8, 4) is 5.75 Å². The van der Waals surface area contributed by atoms with Crippen LogP contribution in [0.5, 0.6) is 5.75 Å². The first-order valence-corrected chi connectivity index (χ1v) is 8.91. The molecule has 0 aliphatic carbocycles. The summed E-state index contributed by atoms with van der Waals surface area (Å²) in [5.74, 6) is 0.690. The zero-order chi connectivity index (χ0) is 18.1. The minimum Gasteiger partial charge on any atom is -0.494 e. The van der Waals surface area contributed by atoms with Gasteiger partial charge >= 0.3 is 0 Å². The lowest BCUT2D eigenvalue weighted by Gasteiger charge is -2.13. The van der Waals surface area contributed by atoms with Crippen molar-refractivity contribution in [2.45, 2.75) is 32.6 Å². The summed E-state index contributed by atoms with van der Waals surface area (Å²) in [7, 11) is 3.97. The van der Waals surface area contributed by atoms with Crippen LogP contribution in [0.15, 0.2) is 48.5 Å². The van der Waals surface area contributed by atoms with Crippen LogP contribution in [-0.4, -0.2) is 26.6 Å². The van der Waals surface area contributed by atoms with Crippen molar-refractivity contribution in [1.29, 1.82) is 0 Å². The summed E-state index contributed by atoms with van der Waals surface area (Å²) in [6.07, 6.45) is 4.74. The Balaban J connectivity index is 1.85. The molecule has 0 unspecified atom stereocenters. The van der Waals surface area contributed by atoms with E-state index >= 15 is 0 Å². The van der Waals surface area contributed by atoms with E-state index in [-0.39, 0.29) is 5.91 Å². The molecule has 0 aromatic heterocycles. The van der Waals surface area contributed by atoms with Crippen molar-refractivity contribution in [1.82, 2.24) is 0 Å². The second-order valence-corrected chi connectivity index (χ2v) is 6.33.